The van der Waals surface area contributed by atoms with Crippen LogP contribution in [0.1, 0.15) is 11.8 Å². The maximum absolute atomic E-state index is 13.2. The van der Waals surface area contributed by atoms with E-state index in [1.807, 2.05) is 0 Å². The predicted octanol–water partition coefficient (Wildman–Crippen LogP) is 1.76. The molecule has 2 aromatic rings. The fourth-order valence-electron chi connectivity index (χ4n) is 1.92. The van der Waals surface area contributed by atoms with E-state index in [1.165, 1.54) is 18.3 Å². The number of amides is 2. The summed E-state index contributed by atoms with van der Waals surface area (Å²) in [5.74, 6) is -3.19. The highest BCUT2D eigenvalue weighted by atomic mass is 32.1. The number of aliphatic hydroxyl groups is 1. The van der Waals surface area contributed by atoms with Crippen molar-refractivity contribution in [1.82, 2.24) is 5.32 Å². The van der Waals surface area contributed by atoms with Crippen LogP contribution in [0.3, 0.4) is 0 Å². The normalized spacial score (nSPS) is 12.9. The van der Waals surface area contributed by atoms with E-state index in [1.54, 1.807) is 17.5 Å². The van der Waals surface area contributed by atoms with Crippen LogP contribution in [0, 0.1) is 15.9 Å². The van der Waals surface area contributed by atoms with Crippen molar-refractivity contribution in [3.8, 4) is 0 Å². The SMILES string of the molecule is CC(O)(CNC(=O)C(=O)Nc1ccc(F)c([N+](=O)[O-])c1)c1cccs1. The molecular formula is C15H14FN3O5S. The van der Waals surface area contributed by atoms with E-state index < -0.39 is 33.8 Å². The summed E-state index contributed by atoms with van der Waals surface area (Å²) in [6.45, 7) is 1.28. The van der Waals surface area contributed by atoms with Crippen molar-refractivity contribution in [2.24, 2.45) is 0 Å². The fraction of sp³-hybridized carbons (Fsp3) is 0.200. The molecule has 0 bridgehead atoms. The Bertz CT molecular complexity index is 808. The largest absolute Gasteiger partial charge is 0.383 e. The van der Waals surface area contributed by atoms with Crippen molar-refractivity contribution in [2.75, 3.05) is 11.9 Å². The second-order valence-corrected chi connectivity index (χ2v) is 6.26. The van der Waals surface area contributed by atoms with Gasteiger partial charge in [-0.05, 0) is 30.5 Å². The molecule has 132 valence electrons. The van der Waals surface area contributed by atoms with Crippen LogP contribution in [0.2, 0.25) is 0 Å². The van der Waals surface area contributed by atoms with Gasteiger partial charge in [0.2, 0.25) is 5.82 Å². The zero-order chi connectivity index (χ0) is 18.6. The van der Waals surface area contributed by atoms with E-state index in [0.717, 1.165) is 18.2 Å². The number of carbonyl (C=O) groups is 2. The van der Waals surface area contributed by atoms with E-state index in [4.69, 9.17) is 0 Å². The van der Waals surface area contributed by atoms with Gasteiger partial charge in [-0.2, -0.15) is 4.39 Å². The first-order chi connectivity index (χ1) is 11.7. The van der Waals surface area contributed by atoms with Crippen LogP contribution in [0.25, 0.3) is 0 Å². The first-order valence-electron chi connectivity index (χ1n) is 7.00. The molecule has 0 fully saturated rings. The molecular weight excluding hydrogens is 353 g/mol. The van der Waals surface area contributed by atoms with Crippen LogP contribution in [-0.2, 0) is 15.2 Å². The molecule has 10 heteroatoms. The predicted molar refractivity (Wildman–Crippen MR) is 88.6 cm³/mol. The molecule has 2 amide bonds. The van der Waals surface area contributed by atoms with E-state index >= 15 is 0 Å². The van der Waals surface area contributed by atoms with Gasteiger partial charge in [0.25, 0.3) is 0 Å². The molecule has 0 aliphatic heterocycles. The molecule has 1 aromatic carbocycles. The Morgan fingerprint density at radius 3 is 2.68 bits per heavy atom. The van der Waals surface area contributed by atoms with Crippen molar-refractivity contribution in [3.63, 3.8) is 0 Å². The molecule has 0 saturated carbocycles. The lowest BCUT2D eigenvalue weighted by Gasteiger charge is -2.22. The standard InChI is InChI=1S/C15H14FN3O5S/c1-15(22,12-3-2-6-25-12)8-17-13(20)14(21)18-9-4-5-10(16)11(7-9)19(23)24/h2-7,22H,8H2,1H3,(H,17,20)(H,18,21). The van der Waals surface area contributed by atoms with Gasteiger partial charge in [0, 0.05) is 16.6 Å². The van der Waals surface area contributed by atoms with Gasteiger partial charge < -0.3 is 15.7 Å². The summed E-state index contributed by atoms with van der Waals surface area (Å²) in [5.41, 5.74) is -2.27. The summed E-state index contributed by atoms with van der Waals surface area (Å²) in [6.07, 6.45) is 0. The second kappa shape index (κ2) is 7.36. The van der Waals surface area contributed by atoms with Crippen LogP contribution in [0.4, 0.5) is 15.8 Å². The minimum absolute atomic E-state index is 0.0988. The van der Waals surface area contributed by atoms with E-state index in [2.05, 4.69) is 10.6 Å². The Balaban J connectivity index is 1.98. The zero-order valence-electron chi connectivity index (χ0n) is 13.0. The lowest BCUT2D eigenvalue weighted by atomic mass is 10.1. The molecule has 0 radical (unpaired) electrons. The highest BCUT2D eigenvalue weighted by Gasteiger charge is 2.26. The summed E-state index contributed by atoms with van der Waals surface area (Å²) in [4.78, 5) is 34.0. The Kier molecular flexibility index (Phi) is 5.45. The van der Waals surface area contributed by atoms with Crippen molar-refractivity contribution in [2.45, 2.75) is 12.5 Å². The topological polar surface area (TPSA) is 122 Å². The average Bonchev–Trinajstić information content (AvgIpc) is 3.09. The quantitative estimate of drug-likeness (QED) is 0.422. The van der Waals surface area contributed by atoms with Crippen molar-refractivity contribution in [1.29, 1.82) is 0 Å². The molecule has 8 nitrogen and oxygen atoms in total. The first kappa shape index (κ1) is 18.5. The number of carbonyl (C=O) groups excluding carboxylic acids is 2. The zero-order valence-corrected chi connectivity index (χ0v) is 13.8. The molecule has 25 heavy (non-hydrogen) atoms. The number of nitrogens with one attached hydrogen (secondary N) is 2. The van der Waals surface area contributed by atoms with Gasteiger partial charge in [0.05, 0.1) is 11.5 Å². The Morgan fingerprint density at radius 2 is 2.08 bits per heavy atom. The van der Waals surface area contributed by atoms with Gasteiger partial charge in [-0.25, -0.2) is 0 Å². The van der Waals surface area contributed by atoms with E-state index in [9.17, 15) is 29.2 Å². The molecule has 2 rings (SSSR count). The number of hydrogen-bond donors (Lipinski definition) is 3. The lowest BCUT2D eigenvalue weighted by Crippen LogP contribution is -2.42. The van der Waals surface area contributed by atoms with Gasteiger partial charge in [-0.3, -0.25) is 19.7 Å². The summed E-state index contributed by atoms with van der Waals surface area (Å²) in [5, 5.41) is 27.1. The van der Waals surface area contributed by atoms with Crippen LogP contribution in [0.15, 0.2) is 35.7 Å². The van der Waals surface area contributed by atoms with Gasteiger partial charge >= 0.3 is 17.5 Å². The second-order valence-electron chi connectivity index (χ2n) is 5.31. The number of hydrogen-bond acceptors (Lipinski definition) is 6. The van der Waals surface area contributed by atoms with Crippen molar-refractivity contribution in [3.05, 3.63) is 56.5 Å². The number of halogens is 1. The fourth-order valence-corrected chi connectivity index (χ4v) is 2.71. The van der Waals surface area contributed by atoms with Crippen molar-refractivity contribution < 1.29 is 24.0 Å². The molecule has 1 atom stereocenters. The number of nitrogens with zero attached hydrogens (tertiary/aromatic N) is 1. The summed E-state index contributed by atoms with van der Waals surface area (Å²) >= 11 is 1.30. The van der Waals surface area contributed by atoms with Crippen LogP contribution < -0.4 is 10.6 Å². The highest BCUT2D eigenvalue weighted by molar-refractivity contribution is 7.10. The highest BCUT2D eigenvalue weighted by Crippen LogP contribution is 2.24. The number of thiophene rings is 1. The third-order valence-electron chi connectivity index (χ3n) is 3.25. The van der Waals surface area contributed by atoms with Gasteiger partial charge in [-0.15, -0.1) is 11.3 Å². The summed E-state index contributed by atoms with van der Waals surface area (Å²) in [6, 6.07) is 6.14. The Hall–Kier alpha value is -2.85. The molecule has 0 aliphatic rings. The van der Waals surface area contributed by atoms with Gasteiger partial charge in [-0.1, -0.05) is 6.07 Å². The van der Waals surface area contributed by atoms with Crippen LogP contribution in [-0.4, -0.2) is 28.4 Å². The molecule has 1 heterocycles. The molecule has 1 unspecified atom stereocenters. The monoisotopic (exact) mass is 367 g/mol. The van der Waals surface area contributed by atoms with E-state index in [0.29, 0.717) is 4.88 Å². The average molecular weight is 367 g/mol. The minimum atomic E-state index is -1.35. The Labute approximate surface area is 145 Å². The molecule has 3 N–H and O–H groups in total. The van der Waals surface area contributed by atoms with Gasteiger partial charge in [0.1, 0.15) is 5.60 Å². The lowest BCUT2D eigenvalue weighted by molar-refractivity contribution is -0.387. The number of nitro groups is 1. The maximum Gasteiger partial charge on any atom is 0.313 e. The van der Waals surface area contributed by atoms with Gasteiger partial charge in [0.15, 0.2) is 0 Å². The third kappa shape index (κ3) is 4.58. The maximum atomic E-state index is 13.2. The van der Waals surface area contributed by atoms with Crippen molar-refractivity contribution >= 4 is 34.5 Å². The molecule has 1 aromatic heterocycles. The molecule has 0 spiro atoms. The number of anilines is 1. The summed E-state index contributed by atoms with van der Waals surface area (Å²) in [7, 11) is 0. The number of rotatable bonds is 5. The molecule has 0 saturated heterocycles. The third-order valence-corrected chi connectivity index (χ3v) is 4.38. The summed E-state index contributed by atoms with van der Waals surface area (Å²) < 4.78 is 13.2. The number of benzene rings is 1. The minimum Gasteiger partial charge on any atom is -0.383 e. The van der Waals surface area contributed by atoms with Crippen LogP contribution >= 0.6 is 11.3 Å². The number of nitro benzene ring substituents is 1. The smallest absolute Gasteiger partial charge is 0.313 e. The Morgan fingerprint density at radius 1 is 1.36 bits per heavy atom. The molecule has 0 aliphatic carbocycles. The first-order valence-corrected chi connectivity index (χ1v) is 7.88. The van der Waals surface area contributed by atoms with Crippen LogP contribution in [0.5, 0.6) is 0 Å². The van der Waals surface area contributed by atoms with E-state index in [-0.39, 0.29) is 12.2 Å².